The molecule has 0 N–H and O–H groups in total. The molecule has 0 saturated carbocycles. The summed E-state index contributed by atoms with van der Waals surface area (Å²) in [7, 11) is 0. The van der Waals surface area contributed by atoms with Gasteiger partial charge in [0.15, 0.2) is 0 Å². The zero-order chi connectivity index (χ0) is 13.1. The van der Waals surface area contributed by atoms with Crippen molar-refractivity contribution in [2.75, 3.05) is 18.0 Å². The van der Waals surface area contributed by atoms with Gasteiger partial charge in [-0.3, -0.25) is 4.98 Å². The Morgan fingerprint density at radius 1 is 1.21 bits per heavy atom. The quantitative estimate of drug-likeness (QED) is 0.833. The van der Waals surface area contributed by atoms with Crippen molar-refractivity contribution in [2.45, 2.75) is 19.4 Å². The van der Waals surface area contributed by atoms with Crippen LogP contribution in [0.15, 0.2) is 36.9 Å². The SMILES string of the molecule is CCc1cnc(N2CC(Oc3ccncc3)C2)nc1. The lowest BCUT2D eigenvalue weighted by atomic mass is 10.2. The van der Waals surface area contributed by atoms with Crippen molar-refractivity contribution in [2.24, 2.45) is 0 Å². The van der Waals surface area contributed by atoms with Crippen LogP contribution >= 0.6 is 0 Å². The largest absolute Gasteiger partial charge is 0.487 e. The molecule has 1 saturated heterocycles. The van der Waals surface area contributed by atoms with Gasteiger partial charge in [0.05, 0.1) is 13.1 Å². The van der Waals surface area contributed by atoms with E-state index in [0.29, 0.717) is 0 Å². The van der Waals surface area contributed by atoms with Crippen LogP contribution in [-0.4, -0.2) is 34.1 Å². The number of anilines is 1. The molecule has 98 valence electrons. The average molecular weight is 256 g/mol. The Hall–Kier alpha value is -2.17. The Kier molecular flexibility index (Phi) is 3.27. The third-order valence-corrected chi connectivity index (χ3v) is 3.18. The highest BCUT2D eigenvalue weighted by Gasteiger charge is 2.30. The summed E-state index contributed by atoms with van der Waals surface area (Å²) in [6, 6.07) is 3.74. The van der Waals surface area contributed by atoms with Crippen molar-refractivity contribution in [3.63, 3.8) is 0 Å². The van der Waals surface area contributed by atoms with Gasteiger partial charge in [0.2, 0.25) is 5.95 Å². The van der Waals surface area contributed by atoms with Gasteiger partial charge in [0.1, 0.15) is 11.9 Å². The number of aromatic nitrogens is 3. The van der Waals surface area contributed by atoms with E-state index in [0.717, 1.165) is 36.8 Å². The Bertz CT molecular complexity index is 523. The molecule has 0 aromatic carbocycles. The van der Waals surface area contributed by atoms with Crippen LogP contribution in [0, 0.1) is 0 Å². The Labute approximate surface area is 112 Å². The van der Waals surface area contributed by atoms with Crippen molar-refractivity contribution >= 4 is 5.95 Å². The zero-order valence-electron chi connectivity index (χ0n) is 10.9. The fourth-order valence-electron chi connectivity index (χ4n) is 1.98. The molecule has 1 fully saturated rings. The fourth-order valence-corrected chi connectivity index (χ4v) is 1.98. The number of hydrogen-bond acceptors (Lipinski definition) is 5. The first-order chi connectivity index (χ1) is 9.35. The molecule has 0 radical (unpaired) electrons. The summed E-state index contributed by atoms with van der Waals surface area (Å²) in [5.74, 6) is 1.65. The third-order valence-electron chi connectivity index (χ3n) is 3.18. The molecular weight excluding hydrogens is 240 g/mol. The number of nitrogens with zero attached hydrogens (tertiary/aromatic N) is 4. The van der Waals surface area contributed by atoms with Crippen LogP contribution < -0.4 is 9.64 Å². The summed E-state index contributed by atoms with van der Waals surface area (Å²) in [6.45, 7) is 3.75. The van der Waals surface area contributed by atoms with Gasteiger partial charge < -0.3 is 9.64 Å². The zero-order valence-corrected chi connectivity index (χ0v) is 10.9. The molecule has 0 amide bonds. The second-order valence-corrected chi connectivity index (χ2v) is 4.57. The lowest BCUT2D eigenvalue weighted by Gasteiger charge is -2.38. The normalized spacial score (nSPS) is 15.1. The van der Waals surface area contributed by atoms with Crippen LogP contribution in [0.1, 0.15) is 12.5 Å². The molecule has 0 bridgehead atoms. The van der Waals surface area contributed by atoms with Gasteiger partial charge >= 0.3 is 0 Å². The fraction of sp³-hybridized carbons (Fsp3) is 0.357. The molecule has 0 spiro atoms. The highest BCUT2D eigenvalue weighted by molar-refractivity contribution is 5.35. The lowest BCUT2D eigenvalue weighted by molar-refractivity contribution is 0.166. The maximum atomic E-state index is 5.81. The van der Waals surface area contributed by atoms with E-state index in [1.165, 1.54) is 0 Å². The van der Waals surface area contributed by atoms with Crippen molar-refractivity contribution in [3.05, 3.63) is 42.5 Å². The first-order valence-electron chi connectivity index (χ1n) is 6.47. The predicted octanol–water partition coefficient (Wildman–Crippen LogP) is 1.70. The number of hydrogen-bond donors (Lipinski definition) is 0. The van der Waals surface area contributed by atoms with Crippen LogP contribution in [0.25, 0.3) is 0 Å². The van der Waals surface area contributed by atoms with E-state index in [4.69, 9.17) is 4.74 Å². The minimum atomic E-state index is 0.205. The van der Waals surface area contributed by atoms with Crippen LogP contribution in [0.5, 0.6) is 5.75 Å². The summed E-state index contributed by atoms with van der Waals surface area (Å²) in [6.07, 6.45) is 8.42. The molecule has 2 aromatic rings. The first kappa shape index (κ1) is 11.9. The van der Waals surface area contributed by atoms with E-state index in [2.05, 4.69) is 26.8 Å². The predicted molar refractivity (Wildman–Crippen MR) is 72.3 cm³/mol. The Morgan fingerprint density at radius 3 is 2.53 bits per heavy atom. The number of ether oxygens (including phenoxy) is 1. The minimum Gasteiger partial charge on any atom is -0.487 e. The summed E-state index contributed by atoms with van der Waals surface area (Å²) >= 11 is 0. The Balaban J connectivity index is 1.54. The van der Waals surface area contributed by atoms with Crippen molar-refractivity contribution in [1.29, 1.82) is 0 Å². The van der Waals surface area contributed by atoms with Gasteiger partial charge in [-0.15, -0.1) is 0 Å². The molecule has 0 atom stereocenters. The van der Waals surface area contributed by atoms with Gasteiger partial charge in [-0.1, -0.05) is 6.92 Å². The second kappa shape index (κ2) is 5.22. The average Bonchev–Trinajstić information content (AvgIpc) is 2.44. The van der Waals surface area contributed by atoms with Crippen LogP contribution in [0.2, 0.25) is 0 Å². The van der Waals surface area contributed by atoms with Gasteiger partial charge in [-0.2, -0.15) is 0 Å². The van der Waals surface area contributed by atoms with Gasteiger partial charge in [-0.05, 0) is 24.1 Å². The van der Waals surface area contributed by atoms with Gasteiger partial charge in [-0.25, -0.2) is 9.97 Å². The highest BCUT2D eigenvalue weighted by atomic mass is 16.5. The van der Waals surface area contributed by atoms with Crippen molar-refractivity contribution < 1.29 is 4.74 Å². The maximum absolute atomic E-state index is 5.81. The van der Waals surface area contributed by atoms with E-state index >= 15 is 0 Å². The van der Waals surface area contributed by atoms with Crippen molar-refractivity contribution in [1.82, 2.24) is 15.0 Å². The van der Waals surface area contributed by atoms with E-state index < -0.39 is 0 Å². The molecule has 1 aliphatic rings. The summed E-state index contributed by atoms with van der Waals surface area (Å²) < 4.78 is 5.81. The highest BCUT2D eigenvalue weighted by Crippen LogP contribution is 2.20. The van der Waals surface area contributed by atoms with E-state index in [-0.39, 0.29) is 6.10 Å². The van der Waals surface area contributed by atoms with Crippen LogP contribution in [0.4, 0.5) is 5.95 Å². The van der Waals surface area contributed by atoms with E-state index in [9.17, 15) is 0 Å². The number of rotatable bonds is 4. The summed E-state index contributed by atoms with van der Waals surface area (Å²) in [5, 5.41) is 0. The third kappa shape index (κ3) is 2.65. The molecule has 19 heavy (non-hydrogen) atoms. The second-order valence-electron chi connectivity index (χ2n) is 4.57. The topological polar surface area (TPSA) is 51.1 Å². The summed E-state index contributed by atoms with van der Waals surface area (Å²) in [5.41, 5.74) is 1.16. The first-order valence-corrected chi connectivity index (χ1v) is 6.47. The molecule has 5 nitrogen and oxygen atoms in total. The molecule has 0 aliphatic carbocycles. The molecule has 2 aromatic heterocycles. The van der Waals surface area contributed by atoms with E-state index in [1.807, 2.05) is 24.5 Å². The number of aryl methyl sites for hydroxylation is 1. The smallest absolute Gasteiger partial charge is 0.225 e. The molecule has 0 unspecified atom stereocenters. The molecular formula is C14H16N4O. The maximum Gasteiger partial charge on any atom is 0.225 e. The van der Waals surface area contributed by atoms with Crippen molar-refractivity contribution in [3.8, 4) is 5.75 Å². The van der Waals surface area contributed by atoms with Crippen LogP contribution in [0.3, 0.4) is 0 Å². The molecule has 1 aliphatic heterocycles. The molecule has 3 rings (SSSR count). The lowest BCUT2D eigenvalue weighted by Crippen LogP contribution is -2.54. The molecule has 3 heterocycles. The molecule has 5 heteroatoms. The standard InChI is InChI=1S/C14H16N4O/c1-2-11-7-16-14(17-8-11)18-9-13(10-18)19-12-3-5-15-6-4-12/h3-8,13H,2,9-10H2,1H3. The number of pyridine rings is 1. The van der Waals surface area contributed by atoms with E-state index in [1.54, 1.807) is 12.4 Å². The van der Waals surface area contributed by atoms with Gasteiger partial charge in [0.25, 0.3) is 0 Å². The minimum absolute atomic E-state index is 0.205. The Morgan fingerprint density at radius 2 is 1.89 bits per heavy atom. The van der Waals surface area contributed by atoms with Gasteiger partial charge in [0, 0.05) is 24.8 Å². The summed E-state index contributed by atoms with van der Waals surface area (Å²) in [4.78, 5) is 14.8. The van der Waals surface area contributed by atoms with Crippen LogP contribution in [-0.2, 0) is 6.42 Å². The monoisotopic (exact) mass is 256 g/mol.